The van der Waals surface area contributed by atoms with Gasteiger partial charge >= 0.3 is 12.1 Å². The van der Waals surface area contributed by atoms with E-state index in [0.29, 0.717) is 29.8 Å². The highest BCUT2D eigenvalue weighted by atomic mass is 19.4. The van der Waals surface area contributed by atoms with E-state index < -0.39 is 29.4 Å². The molecule has 0 saturated heterocycles. The van der Waals surface area contributed by atoms with Gasteiger partial charge in [-0.1, -0.05) is 18.2 Å². The Bertz CT molecular complexity index is 1440. The topological polar surface area (TPSA) is 62.7 Å². The zero-order valence-electron chi connectivity index (χ0n) is 20.8. The number of halogens is 4. The summed E-state index contributed by atoms with van der Waals surface area (Å²) in [6, 6.07) is 10.2. The van der Waals surface area contributed by atoms with Gasteiger partial charge in [0.05, 0.1) is 11.5 Å². The van der Waals surface area contributed by atoms with Crippen LogP contribution in [0.15, 0.2) is 48.7 Å². The summed E-state index contributed by atoms with van der Waals surface area (Å²) in [6.45, 7) is -0.129. The fourth-order valence-electron chi connectivity index (χ4n) is 6.51. The molecule has 0 radical (unpaired) electrons. The molecule has 1 unspecified atom stereocenters. The van der Waals surface area contributed by atoms with Gasteiger partial charge in [-0.25, -0.2) is 9.37 Å². The van der Waals surface area contributed by atoms with E-state index in [1.165, 1.54) is 18.2 Å². The molecule has 0 amide bonds. The first-order valence-electron chi connectivity index (χ1n) is 12.5. The van der Waals surface area contributed by atoms with E-state index in [0.717, 1.165) is 17.2 Å². The van der Waals surface area contributed by atoms with Crippen LogP contribution in [0.25, 0.3) is 0 Å². The van der Waals surface area contributed by atoms with Crippen LogP contribution in [0.3, 0.4) is 0 Å². The summed E-state index contributed by atoms with van der Waals surface area (Å²) in [5.41, 5.74) is 3.02. The molecular weight excluding hydrogens is 500 g/mol. The fourth-order valence-corrected chi connectivity index (χ4v) is 6.51. The number of carboxylic acid groups (broad SMARTS) is 1. The van der Waals surface area contributed by atoms with E-state index in [9.17, 15) is 23.1 Å². The van der Waals surface area contributed by atoms with Crippen molar-refractivity contribution in [2.24, 2.45) is 11.8 Å². The van der Waals surface area contributed by atoms with Gasteiger partial charge in [0.2, 0.25) is 5.88 Å². The van der Waals surface area contributed by atoms with Crippen LogP contribution in [0.1, 0.15) is 63.2 Å². The van der Waals surface area contributed by atoms with Crippen LogP contribution < -0.4 is 4.74 Å². The van der Waals surface area contributed by atoms with Gasteiger partial charge in [-0.15, -0.1) is 0 Å². The predicted octanol–water partition coefficient (Wildman–Crippen LogP) is 5.93. The van der Waals surface area contributed by atoms with Crippen molar-refractivity contribution >= 4 is 5.97 Å². The van der Waals surface area contributed by atoms with Gasteiger partial charge < -0.3 is 14.7 Å². The summed E-state index contributed by atoms with van der Waals surface area (Å²) in [6.07, 6.45) is -1.80. The van der Waals surface area contributed by atoms with E-state index >= 15 is 4.39 Å². The number of hydrogen-bond donors (Lipinski definition) is 1. The molecule has 0 aliphatic heterocycles. The Morgan fingerprint density at radius 3 is 2.58 bits per heavy atom. The van der Waals surface area contributed by atoms with Crippen molar-refractivity contribution in [1.29, 1.82) is 0 Å². The minimum Gasteiger partial charge on any atom is -0.481 e. The van der Waals surface area contributed by atoms with Crippen LogP contribution in [0.5, 0.6) is 5.88 Å². The lowest BCUT2D eigenvalue weighted by Gasteiger charge is -2.21. The summed E-state index contributed by atoms with van der Waals surface area (Å²) in [7, 11) is 3.67. The van der Waals surface area contributed by atoms with Crippen molar-refractivity contribution in [2.45, 2.75) is 43.5 Å². The largest absolute Gasteiger partial charge is 0.481 e. The Labute approximate surface area is 217 Å². The molecule has 1 fully saturated rings. The van der Waals surface area contributed by atoms with Crippen molar-refractivity contribution in [1.82, 2.24) is 9.88 Å². The maximum absolute atomic E-state index is 15.2. The average molecular weight is 527 g/mol. The van der Waals surface area contributed by atoms with Crippen molar-refractivity contribution in [3.05, 3.63) is 93.4 Å². The molecule has 1 saturated carbocycles. The highest BCUT2D eigenvalue weighted by Crippen LogP contribution is 2.61. The van der Waals surface area contributed by atoms with Crippen molar-refractivity contribution in [3.8, 4) is 5.88 Å². The molecule has 1 heterocycles. The van der Waals surface area contributed by atoms with Gasteiger partial charge in [0.15, 0.2) is 0 Å². The molecule has 2 aromatic carbocycles. The molecule has 38 heavy (non-hydrogen) atoms. The number of nitrogens with zero attached hydrogens (tertiary/aromatic N) is 2. The third-order valence-corrected chi connectivity index (χ3v) is 8.35. The quantitative estimate of drug-likeness (QED) is 0.404. The second-order valence-corrected chi connectivity index (χ2v) is 10.7. The molecule has 5 atom stereocenters. The number of carboxylic acids is 1. The van der Waals surface area contributed by atoms with Crippen molar-refractivity contribution in [3.63, 3.8) is 0 Å². The number of alkyl halides is 3. The minimum absolute atomic E-state index is 0.000595. The lowest BCUT2D eigenvalue weighted by molar-refractivity contribution is -0.139. The number of aliphatic carboxylic acids is 1. The summed E-state index contributed by atoms with van der Waals surface area (Å²) in [5, 5.41) is 9.30. The maximum atomic E-state index is 15.2. The Balaban J connectivity index is 1.28. The number of benzene rings is 2. The molecule has 0 bridgehead atoms. The normalized spacial score (nSPS) is 25.2. The zero-order chi connectivity index (χ0) is 26.9. The van der Waals surface area contributed by atoms with Gasteiger partial charge in [-0.3, -0.25) is 4.79 Å². The average Bonchev–Trinajstić information content (AvgIpc) is 3.27. The zero-order valence-corrected chi connectivity index (χ0v) is 20.8. The van der Waals surface area contributed by atoms with Gasteiger partial charge in [-0.05, 0) is 78.9 Å². The fraction of sp³-hybridized carbons (Fsp3) is 0.379. The summed E-state index contributed by atoms with van der Waals surface area (Å²) in [4.78, 5) is 17.5. The molecular formula is C29H26F4N2O3. The van der Waals surface area contributed by atoms with Crippen LogP contribution in [-0.4, -0.2) is 35.1 Å². The second-order valence-electron chi connectivity index (χ2n) is 10.7. The number of hydrogen-bond acceptors (Lipinski definition) is 4. The van der Waals surface area contributed by atoms with Crippen LogP contribution >= 0.6 is 0 Å². The van der Waals surface area contributed by atoms with E-state index in [2.05, 4.69) is 4.98 Å². The van der Waals surface area contributed by atoms with Gasteiger partial charge in [-0.2, -0.15) is 13.2 Å². The van der Waals surface area contributed by atoms with Crippen molar-refractivity contribution < 1.29 is 32.2 Å². The molecule has 3 aliphatic carbocycles. The van der Waals surface area contributed by atoms with E-state index in [1.807, 2.05) is 19.0 Å². The lowest BCUT2D eigenvalue weighted by atomic mass is 9.88. The van der Waals surface area contributed by atoms with Crippen LogP contribution in [-0.2, 0) is 24.0 Å². The molecule has 3 aromatic rings. The van der Waals surface area contributed by atoms with E-state index in [-0.39, 0.29) is 41.5 Å². The van der Waals surface area contributed by atoms with Crippen LogP contribution in [0.2, 0.25) is 0 Å². The van der Waals surface area contributed by atoms with Crippen molar-refractivity contribution in [2.75, 3.05) is 14.1 Å². The number of rotatable bonds is 6. The number of ether oxygens (including phenoxy) is 1. The van der Waals surface area contributed by atoms with Gasteiger partial charge in [0.25, 0.3) is 0 Å². The third kappa shape index (κ3) is 4.04. The Kier molecular flexibility index (Phi) is 5.75. The Hall–Kier alpha value is -3.46. The van der Waals surface area contributed by atoms with Gasteiger partial charge in [0, 0.05) is 35.7 Å². The minimum atomic E-state index is -4.50. The summed E-state index contributed by atoms with van der Waals surface area (Å²) in [5.74, 6) is -1.76. The molecule has 3 aliphatic rings. The lowest BCUT2D eigenvalue weighted by Crippen LogP contribution is -2.18. The summed E-state index contributed by atoms with van der Waals surface area (Å²) < 4.78 is 62.6. The standard InChI is InChI=1S/C29H26F4N2O3/c1-35(2)24-11-18(16-5-3-4-6-22(16)29(31,32)33)17-8-15(23(30)10-19(17)24)13-38-25-9-14-7-20-26(21(14)12-34-25)27(20)28(36)37/h3-6,8-10,12,18,20,24,26-27H,7,11,13H2,1-2H3,(H,36,37)/t18-,20-,24?,26-,27+/m1/s1. The maximum Gasteiger partial charge on any atom is 0.416 e. The predicted molar refractivity (Wildman–Crippen MR) is 130 cm³/mol. The second kappa shape index (κ2) is 8.80. The van der Waals surface area contributed by atoms with Crippen LogP contribution in [0.4, 0.5) is 17.6 Å². The smallest absolute Gasteiger partial charge is 0.416 e. The summed E-state index contributed by atoms with van der Waals surface area (Å²) >= 11 is 0. The third-order valence-electron chi connectivity index (χ3n) is 8.35. The van der Waals surface area contributed by atoms with Gasteiger partial charge in [0.1, 0.15) is 12.4 Å². The molecule has 1 N–H and O–H groups in total. The molecule has 5 nitrogen and oxygen atoms in total. The number of carbonyl (C=O) groups is 1. The Morgan fingerprint density at radius 2 is 1.87 bits per heavy atom. The van der Waals surface area contributed by atoms with Crippen LogP contribution in [0, 0.1) is 17.7 Å². The Morgan fingerprint density at radius 1 is 1.11 bits per heavy atom. The first-order valence-corrected chi connectivity index (χ1v) is 12.5. The number of fused-ring (bicyclic) bond motifs is 4. The van der Waals surface area contributed by atoms with E-state index in [4.69, 9.17) is 4.74 Å². The first kappa shape index (κ1) is 24.9. The molecule has 6 rings (SSSR count). The van der Waals surface area contributed by atoms with E-state index in [1.54, 1.807) is 24.4 Å². The molecule has 0 spiro atoms. The molecule has 1 aromatic heterocycles. The highest BCUT2D eigenvalue weighted by Gasteiger charge is 2.60. The number of aromatic nitrogens is 1. The highest BCUT2D eigenvalue weighted by molar-refractivity contribution is 5.77. The SMILES string of the molecule is CN(C)C1C[C@H](c2ccccc2C(F)(F)F)c2cc(COc3cc4c(cn3)[C@H]3[C@@H](C4)[C@@H]3C(=O)O)c(F)cc21. The molecule has 198 valence electrons. The molecule has 9 heteroatoms. The first-order chi connectivity index (χ1) is 18.0. The monoisotopic (exact) mass is 526 g/mol. The number of pyridine rings is 1.